The molecule has 1 aliphatic heterocycles. The van der Waals surface area contributed by atoms with Crippen LogP contribution in [-0.4, -0.2) is 29.3 Å². The molecule has 1 aromatic carbocycles. The van der Waals surface area contributed by atoms with Crippen molar-refractivity contribution in [2.45, 2.75) is 83.5 Å². The fourth-order valence-electron chi connectivity index (χ4n) is 7.46. The Labute approximate surface area is 209 Å². The first kappa shape index (κ1) is 23.5. The Bertz CT molecular complexity index is 1100. The van der Waals surface area contributed by atoms with E-state index in [4.69, 9.17) is 4.74 Å². The topological polar surface area (TPSA) is 48.3 Å². The van der Waals surface area contributed by atoms with Crippen molar-refractivity contribution >= 4 is 22.5 Å². The summed E-state index contributed by atoms with van der Waals surface area (Å²) in [6.07, 6.45) is 14.0. The van der Waals surface area contributed by atoms with E-state index in [1.807, 2.05) is 6.07 Å². The molecule has 2 saturated carbocycles. The molecule has 4 heteroatoms. The minimum atomic E-state index is 0.00519. The van der Waals surface area contributed by atoms with Gasteiger partial charge < -0.3 is 9.30 Å². The molecular formula is C31H41NO3. The van der Waals surface area contributed by atoms with E-state index in [0.29, 0.717) is 5.78 Å². The van der Waals surface area contributed by atoms with Gasteiger partial charge in [0.15, 0.2) is 5.78 Å². The Kier molecular flexibility index (Phi) is 6.60. The molecule has 0 amide bonds. The van der Waals surface area contributed by atoms with Crippen LogP contribution in [-0.2, 0) is 29.4 Å². The molecule has 2 aromatic rings. The van der Waals surface area contributed by atoms with Crippen LogP contribution in [0.4, 0.5) is 0 Å². The SMILES string of the molecule is Cn1c2c(c3cc(C(=O)C4CCCC(C(=O)CCC5CC5)C4)ccc31)CC(C1CCOCC1)CC2. The summed E-state index contributed by atoms with van der Waals surface area (Å²) in [6, 6.07) is 6.41. The number of ketones is 2. The molecule has 4 aliphatic rings. The number of benzene rings is 1. The lowest BCUT2D eigenvalue weighted by atomic mass is 9.74. The zero-order valence-electron chi connectivity index (χ0n) is 21.4. The molecule has 4 nitrogen and oxygen atoms in total. The lowest BCUT2D eigenvalue weighted by Gasteiger charge is -2.33. The first-order chi connectivity index (χ1) is 17.1. The third kappa shape index (κ3) is 4.75. The highest BCUT2D eigenvalue weighted by atomic mass is 16.5. The summed E-state index contributed by atoms with van der Waals surface area (Å²) in [7, 11) is 2.19. The quantitative estimate of drug-likeness (QED) is 0.432. The lowest BCUT2D eigenvalue weighted by molar-refractivity contribution is -0.124. The van der Waals surface area contributed by atoms with E-state index in [9.17, 15) is 9.59 Å². The summed E-state index contributed by atoms with van der Waals surface area (Å²) in [5, 5.41) is 1.29. The normalized spacial score (nSPS) is 27.6. The molecule has 3 unspecified atom stereocenters. The first-order valence-electron chi connectivity index (χ1n) is 14.3. The summed E-state index contributed by atoms with van der Waals surface area (Å²) in [5.74, 6) is 3.10. The Balaban J connectivity index is 1.20. The van der Waals surface area contributed by atoms with Crippen LogP contribution in [0.1, 0.15) is 92.2 Å². The van der Waals surface area contributed by atoms with E-state index >= 15 is 0 Å². The average Bonchev–Trinajstić information content (AvgIpc) is 3.71. The van der Waals surface area contributed by atoms with E-state index in [2.05, 4.69) is 23.7 Å². The summed E-state index contributed by atoms with van der Waals surface area (Å²) in [5.41, 5.74) is 5.06. The summed E-state index contributed by atoms with van der Waals surface area (Å²) < 4.78 is 7.99. The second kappa shape index (κ2) is 9.84. The van der Waals surface area contributed by atoms with E-state index in [-0.39, 0.29) is 17.6 Å². The second-order valence-electron chi connectivity index (χ2n) is 12.0. The summed E-state index contributed by atoms with van der Waals surface area (Å²) in [6.45, 7) is 1.82. The predicted octanol–water partition coefficient (Wildman–Crippen LogP) is 6.46. The molecule has 3 aliphatic carbocycles. The van der Waals surface area contributed by atoms with Gasteiger partial charge in [0.25, 0.3) is 0 Å². The van der Waals surface area contributed by atoms with Crippen LogP contribution in [0, 0.1) is 29.6 Å². The minimum Gasteiger partial charge on any atom is -0.381 e. The van der Waals surface area contributed by atoms with Crippen molar-refractivity contribution in [1.29, 1.82) is 0 Å². The van der Waals surface area contributed by atoms with Crippen LogP contribution < -0.4 is 0 Å². The third-order valence-corrected chi connectivity index (χ3v) is 9.87. The van der Waals surface area contributed by atoms with Crippen LogP contribution in [0.15, 0.2) is 18.2 Å². The molecule has 0 N–H and O–H groups in total. The van der Waals surface area contributed by atoms with Crippen LogP contribution >= 0.6 is 0 Å². The maximum atomic E-state index is 13.6. The van der Waals surface area contributed by atoms with Crippen LogP contribution in [0.2, 0.25) is 0 Å². The van der Waals surface area contributed by atoms with Crippen molar-refractivity contribution in [3.05, 3.63) is 35.0 Å². The fourth-order valence-corrected chi connectivity index (χ4v) is 7.46. The number of Topliss-reactive ketones (excluding diaryl/α,β-unsaturated/α-hetero) is 2. The van der Waals surface area contributed by atoms with Crippen molar-refractivity contribution < 1.29 is 14.3 Å². The Morgan fingerprint density at radius 3 is 2.57 bits per heavy atom. The molecular weight excluding hydrogens is 434 g/mol. The van der Waals surface area contributed by atoms with Gasteiger partial charge in [-0.2, -0.15) is 0 Å². The van der Waals surface area contributed by atoms with Gasteiger partial charge in [0.1, 0.15) is 5.78 Å². The van der Waals surface area contributed by atoms with E-state index in [1.165, 1.54) is 54.3 Å². The van der Waals surface area contributed by atoms with Crippen molar-refractivity contribution in [1.82, 2.24) is 4.57 Å². The number of aryl methyl sites for hydroxylation is 1. The van der Waals surface area contributed by atoms with Crippen LogP contribution in [0.25, 0.3) is 10.9 Å². The Morgan fingerprint density at radius 1 is 0.971 bits per heavy atom. The van der Waals surface area contributed by atoms with Crippen LogP contribution in [0.5, 0.6) is 0 Å². The summed E-state index contributed by atoms with van der Waals surface area (Å²) in [4.78, 5) is 26.5. The van der Waals surface area contributed by atoms with Crippen LogP contribution in [0.3, 0.4) is 0 Å². The maximum Gasteiger partial charge on any atom is 0.165 e. The van der Waals surface area contributed by atoms with E-state index in [1.54, 1.807) is 0 Å². The van der Waals surface area contributed by atoms with Crippen molar-refractivity contribution in [3.8, 4) is 0 Å². The molecule has 1 aromatic heterocycles. The van der Waals surface area contributed by atoms with Gasteiger partial charge in [-0.3, -0.25) is 9.59 Å². The standard InChI is InChI=1S/C31H41NO3/c1-32-28-10-8-22(21-13-15-35-16-14-21)18-26(28)27-19-25(9-11-29(27)32)31(34)24-4-2-3-23(17-24)30(33)12-7-20-5-6-20/h9,11,19-24H,2-8,10,12-18H2,1H3. The number of rotatable bonds is 7. The largest absolute Gasteiger partial charge is 0.381 e. The molecule has 1 saturated heterocycles. The highest BCUT2D eigenvalue weighted by Gasteiger charge is 2.34. The molecule has 0 radical (unpaired) electrons. The summed E-state index contributed by atoms with van der Waals surface area (Å²) >= 11 is 0. The molecule has 6 rings (SSSR count). The van der Waals surface area contributed by atoms with Gasteiger partial charge in [0.2, 0.25) is 0 Å². The second-order valence-corrected chi connectivity index (χ2v) is 12.0. The maximum absolute atomic E-state index is 13.6. The van der Waals surface area contributed by atoms with Gasteiger partial charge >= 0.3 is 0 Å². The van der Waals surface area contributed by atoms with E-state index in [0.717, 1.165) is 87.9 Å². The number of hydrogen-bond acceptors (Lipinski definition) is 3. The zero-order valence-corrected chi connectivity index (χ0v) is 21.4. The van der Waals surface area contributed by atoms with Gasteiger partial charge in [-0.15, -0.1) is 0 Å². The molecule has 35 heavy (non-hydrogen) atoms. The monoisotopic (exact) mass is 475 g/mol. The number of hydrogen-bond donors (Lipinski definition) is 0. The first-order valence-corrected chi connectivity index (χ1v) is 14.3. The number of fused-ring (bicyclic) bond motifs is 3. The van der Waals surface area contributed by atoms with Crippen molar-refractivity contribution in [2.75, 3.05) is 13.2 Å². The van der Waals surface area contributed by atoms with Gasteiger partial charge in [0.05, 0.1) is 0 Å². The molecule has 3 fully saturated rings. The molecule has 0 bridgehead atoms. The highest BCUT2D eigenvalue weighted by molar-refractivity contribution is 6.02. The predicted molar refractivity (Wildman–Crippen MR) is 139 cm³/mol. The molecule has 0 spiro atoms. The number of nitrogens with zero attached hydrogens (tertiary/aromatic N) is 1. The Morgan fingerprint density at radius 2 is 1.77 bits per heavy atom. The number of aromatic nitrogens is 1. The average molecular weight is 476 g/mol. The van der Waals surface area contributed by atoms with Gasteiger partial charge in [-0.05, 0) is 99.3 Å². The zero-order chi connectivity index (χ0) is 23.9. The fraction of sp³-hybridized carbons (Fsp3) is 0.677. The van der Waals surface area contributed by atoms with Gasteiger partial charge in [-0.1, -0.05) is 19.3 Å². The number of carbonyl (C=O) groups is 2. The molecule has 2 heterocycles. The van der Waals surface area contributed by atoms with Gasteiger partial charge in [-0.25, -0.2) is 0 Å². The molecule has 188 valence electrons. The number of carbonyl (C=O) groups excluding carboxylic acids is 2. The number of ether oxygens (including phenoxy) is 1. The smallest absolute Gasteiger partial charge is 0.165 e. The molecule has 3 atom stereocenters. The van der Waals surface area contributed by atoms with Crippen molar-refractivity contribution in [3.63, 3.8) is 0 Å². The van der Waals surface area contributed by atoms with E-state index < -0.39 is 0 Å². The van der Waals surface area contributed by atoms with Gasteiger partial charge in [0, 0.05) is 60.7 Å². The Hall–Kier alpha value is -1.94. The highest BCUT2D eigenvalue weighted by Crippen LogP contribution is 2.40. The minimum absolute atomic E-state index is 0.00519. The van der Waals surface area contributed by atoms with Crippen molar-refractivity contribution in [2.24, 2.45) is 36.6 Å². The third-order valence-electron chi connectivity index (χ3n) is 9.87. The lowest BCUT2D eigenvalue weighted by Crippen LogP contribution is -2.28.